The van der Waals surface area contributed by atoms with Crippen LogP contribution in [-0.4, -0.2) is 72.1 Å². The molecule has 0 aliphatic heterocycles. The molecule has 11 heteroatoms. The van der Waals surface area contributed by atoms with Crippen molar-refractivity contribution in [2.45, 2.75) is 13.8 Å². The number of carbonyl (C=O) groups excluding carboxylic acids is 5. The van der Waals surface area contributed by atoms with Gasteiger partial charge in [0.15, 0.2) is 11.6 Å². The Morgan fingerprint density at radius 3 is 1.41 bits per heavy atom. The molecule has 0 atom stereocenters. The van der Waals surface area contributed by atoms with Crippen LogP contribution in [0.3, 0.4) is 0 Å². The Balaban J connectivity index is 0.000000616. The summed E-state index contributed by atoms with van der Waals surface area (Å²) in [5.74, 6) is -3.12. The molecule has 0 aliphatic carbocycles. The van der Waals surface area contributed by atoms with Gasteiger partial charge in [-0.15, -0.1) is 0 Å². The first-order valence-corrected chi connectivity index (χ1v) is 11.4. The number of aliphatic hydroxyl groups excluding tert-OH is 1. The molecule has 208 valence electrons. The molecule has 2 aromatic carbocycles. The second-order valence-corrected chi connectivity index (χ2v) is 7.12. The van der Waals surface area contributed by atoms with Gasteiger partial charge in [-0.25, -0.2) is 19.2 Å². The summed E-state index contributed by atoms with van der Waals surface area (Å²) in [7, 11) is 0. The molecule has 2 rings (SSSR count). The van der Waals surface area contributed by atoms with Crippen molar-refractivity contribution in [1.82, 2.24) is 0 Å². The van der Waals surface area contributed by atoms with Crippen molar-refractivity contribution in [2.75, 3.05) is 26.4 Å². The number of carbonyl (C=O) groups is 6. The molecule has 0 fully saturated rings. The Labute approximate surface area is 225 Å². The summed E-state index contributed by atoms with van der Waals surface area (Å²) in [4.78, 5) is 63.8. The van der Waals surface area contributed by atoms with Gasteiger partial charge in [0.25, 0.3) is 0 Å². The molecule has 0 aliphatic rings. The van der Waals surface area contributed by atoms with Gasteiger partial charge in [0, 0.05) is 12.2 Å². The van der Waals surface area contributed by atoms with Gasteiger partial charge in [-0.1, -0.05) is 36.4 Å². The number of aliphatic carboxylic acids is 1. The van der Waals surface area contributed by atoms with Crippen LogP contribution in [0.25, 0.3) is 0 Å². The average Bonchev–Trinajstić information content (AvgIpc) is 2.93. The minimum absolute atomic E-state index is 0.0343. The molecular formula is C28H30O11. The average molecular weight is 543 g/mol. The minimum Gasteiger partial charge on any atom is -0.478 e. The molecule has 0 radical (unpaired) electrons. The summed E-state index contributed by atoms with van der Waals surface area (Å²) < 4.78 is 14.3. The molecule has 0 aromatic heterocycles. The van der Waals surface area contributed by atoms with Crippen LogP contribution in [0.2, 0.25) is 0 Å². The van der Waals surface area contributed by atoms with Crippen LogP contribution in [0.15, 0.2) is 85.0 Å². The summed E-state index contributed by atoms with van der Waals surface area (Å²) in [6.07, 6.45) is 3.95. The second-order valence-electron chi connectivity index (χ2n) is 7.12. The van der Waals surface area contributed by atoms with Crippen LogP contribution < -0.4 is 0 Å². The van der Waals surface area contributed by atoms with E-state index in [1.54, 1.807) is 54.6 Å². The Bertz CT molecular complexity index is 1100. The van der Waals surface area contributed by atoms with Crippen LogP contribution >= 0.6 is 0 Å². The SMILES string of the molecule is CC(=O)/C=C/C(=O)O.CC(=O)/C=C/C(=O)OCCOC(=O)c1ccccc1.O=C(OCCO)c1ccccc1. The summed E-state index contributed by atoms with van der Waals surface area (Å²) in [5.41, 5.74) is 0.941. The quantitative estimate of drug-likeness (QED) is 0.185. The zero-order chi connectivity index (χ0) is 29.5. The van der Waals surface area contributed by atoms with Gasteiger partial charge in [-0.3, -0.25) is 9.59 Å². The van der Waals surface area contributed by atoms with E-state index in [2.05, 4.69) is 4.74 Å². The van der Waals surface area contributed by atoms with E-state index in [9.17, 15) is 28.8 Å². The third kappa shape index (κ3) is 19.9. The van der Waals surface area contributed by atoms with Gasteiger partial charge in [0.2, 0.25) is 0 Å². The van der Waals surface area contributed by atoms with Crippen LogP contribution in [0.1, 0.15) is 34.6 Å². The summed E-state index contributed by atoms with van der Waals surface area (Å²) in [5, 5.41) is 16.3. The number of aliphatic hydroxyl groups is 1. The number of hydrogen-bond donors (Lipinski definition) is 2. The number of rotatable bonds is 11. The molecule has 0 saturated heterocycles. The highest BCUT2D eigenvalue weighted by Gasteiger charge is 2.06. The normalized spacial score (nSPS) is 9.82. The van der Waals surface area contributed by atoms with E-state index in [0.717, 1.165) is 24.3 Å². The Kier molecular flexibility index (Phi) is 18.5. The fourth-order valence-corrected chi connectivity index (χ4v) is 2.15. The van der Waals surface area contributed by atoms with Gasteiger partial charge in [0.1, 0.15) is 19.8 Å². The molecule has 2 aromatic rings. The first-order valence-electron chi connectivity index (χ1n) is 11.4. The predicted molar refractivity (Wildman–Crippen MR) is 139 cm³/mol. The number of benzene rings is 2. The third-order valence-corrected chi connectivity index (χ3v) is 3.82. The van der Waals surface area contributed by atoms with E-state index in [-0.39, 0.29) is 38.0 Å². The second kappa shape index (κ2) is 21.2. The number of carboxylic acid groups (broad SMARTS) is 1. The number of carboxylic acids is 1. The van der Waals surface area contributed by atoms with Crippen molar-refractivity contribution in [3.05, 3.63) is 96.1 Å². The molecule has 0 spiro atoms. The fraction of sp³-hybridized carbons (Fsp3) is 0.214. The van der Waals surface area contributed by atoms with Crippen molar-refractivity contribution in [3.8, 4) is 0 Å². The molecule has 0 amide bonds. The monoisotopic (exact) mass is 542 g/mol. The molecule has 0 heterocycles. The Morgan fingerprint density at radius 2 is 1.03 bits per heavy atom. The summed E-state index contributed by atoms with van der Waals surface area (Å²) in [6, 6.07) is 17.2. The van der Waals surface area contributed by atoms with E-state index < -0.39 is 23.9 Å². The highest BCUT2D eigenvalue weighted by atomic mass is 16.6. The lowest BCUT2D eigenvalue weighted by atomic mass is 10.2. The largest absolute Gasteiger partial charge is 0.478 e. The highest BCUT2D eigenvalue weighted by Crippen LogP contribution is 2.01. The summed E-state index contributed by atoms with van der Waals surface area (Å²) in [6.45, 7) is 2.43. The van der Waals surface area contributed by atoms with Gasteiger partial charge in [-0.2, -0.15) is 0 Å². The van der Waals surface area contributed by atoms with Crippen molar-refractivity contribution in [2.24, 2.45) is 0 Å². The zero-order valence-electron chi connectivity index (χ0n) is 21.5. The Hall–Kier alpha value is -4.90. The predicted octanol–water partition coefficient (Wildman–Crippen LogP) is 2.58. The lowest BCUT2D eigenvalue weighted by molar-refractivity contribution is -0.139. The highest BCUT2D eigenvalue weighted by molar-refractivity contribution is 5.94. The van der Waals surface area contributed by atoms with E-state index in [1.807, 2.05) is 6.07 Å². The number of esters is 3. The molecule has 0 bridgehead atoms. The van der Waals surface area contributed by atoms with E-state index in [1.165, 1.54) is 13.8 Å². The number of hydrogen-bond acceptors (Lipinski definition) is 10. The van der Waals surface area contributed by atoms with E-state index in [4.69, 9.17) is 19.7 Å². The van der Waals surface area contributed by atoms with E-state index >= 15 is 0 Å². The van der Waals surface area contributed by atoms with Gasteiger partial charge in [-0.05, 0) is 50.3 Å². The van der Waals surface area contributed by atoms with Crippen molar-refractivity contribution in [1.29, 1.82) is 0 Å². The maximum Gasteiger partial charge on any atom is 0.338 e. The number of ketones is 2. The van der Waals surface area contributed by atoms with Gasteiger partial charge in [0.05, 0.1) is 17.7 Å². The van der Waals surface area contributed by atoms with Crippen molar-refractivity contribution in [3.63, 3.8) is 0 Å². The molecule has 11 nitrogen and oxygen atoms in total. The summed E-state index contributed by atoms with van der Waals surface area (Å²) >= 11 is 0. The lowest BCUT2D eigenvalue weighted by Crippen LogP contribution is -2.13. The molecule has 0 saturated carbocycles. The number of allylic oxidation sites excluding steroid dienone is 2. The van der Waals surface area contributed by atoms with Crippen LogP contribution in [0.5, 0.6) is 0 Å². The Morgan fingerprint density at radius 1 is 0.615 bits per heavy atom. The molecule has 39 heavy (non-hydrogen) atoms. The standard InChI is InChI=1S/C14H14O5.C9H10O3.C5H6O3/c1-11(15)7-8-13(16)18-9-10-19-14(17)12-5-3-2-4-6-12;10-6-7-12-9(11)8-4-2-1-3-5-8;1-4(6)2-3-5(7)8/h2-8H,9-10H2,1H3;1-5,10H,6-7H2;2-3H,1H3,(H,7,8)/b8-7+;;3-2+. The van der Waals surface area contributed by atoms with Crippen molar-refractivity contribution >= 4 is 35.4 Å². The first-order chi connectivity index (χ1) is 18.6. The van der Waals surface area contributed by atoms with Crippen molar-refractivity contribution < 1.29 is 53.2 Å². The maximum atomic E-state index is 11.5. The fourth-order valence-electron chi connectivity index (χ4n) is 2.15. The minimum atomic E-state index is -1.10. The third-order valence-electron chi connectivity index (χ3n) is 3.82. The lowest BCUT2D eigenvalue weighted by Gasteiger charge is -2.04. The van der Waals surface area contributed by atoms with E-state index in [0.29, 0.717) is 11.1 Å². The van der Waals surface area contributed by atoms with Gasteiger partial charge >= 0.3 is 23.9 Å². The molecule has 0 unspecified atom stereocenters. The van der Waals surface area contributed by atoms with Crippen LogP contribution in [0, 0.1) is 0 Å². The smallest absolute Gasteiger partial charge is 0.338 e. The number of ether oxygens (including phenoxy) is 3. The molecule has 2 N–H and O–H groups in total. The van der Waals surface area contributed by atoms with Gasteiger partial charge < -0.3 is 24.4 Å². The topological polar surface area (TPSA) is 171 Å². The zero-order valence-corrected chi connectivity index (χ0v) is 21.5. The molecular weight excluding hydrogens is 512 g/mol. The maximum absolute atomic E-state index is 11.5. The van der Waals surface area contributed by atoms with Crippen LogP contribution in [0.4, 0.5) is 0 Å². The van der Waals surface area contributed by atoms with Crippen LogP contribution in [-0.2, 0) is 33.4 Å². The first kappa shape index (κ1) is 34.1.